The highest BCUT2D eigenvalue weighted by Crippen LogP contribution is 2.25. The molecule has 0 atom stereocenters. The molecular weight excluding hydrogens is 291 g/mol. The molecule has 0 saturated heterocycles. The number of rotatable bonds is 3. The molecule has 9 heteroatoms. The number of carbonyl (C=O) groups excluding carboxylic acids is 1. The molecule has 2 aromatic rings. The third-order valence-corrected chi connectivity index (χ3v) is 2.49. The predicted molar refractivity (Wildman–Crippen MR) is 65.2 cm³/mol. The number of pyridine rings is 1. The van der Waals surface area contributed by atoms with E-state index in [1.807, 2.05) is 5.32 Å². The van der Waals surface area contributed by atoms with Crippen molar-refractivity contribution in [1.82, 2.24) is 4.98 Å². The van der Waals surface area contributed by atoms with Crippen LogP contribution in [0.4, 0.5) is 24.5 Å². The standard InChI is InChI=1S/C12H6F3N3O3/c13-7-4-8(14)10(18(20)21)5-9(7)17-12(19)6-2-1-3-16-11(6)15/h1-5H,(H,17,19). The Morgan fingerprint density at radius 3 is 2.57 bits per heavy atom. The Kier molecular flexibility index (Phi) is 3.83. The zero-order valence-corrected chi connectivity index (χ0v) is 10.1. The first-order valence-corrected chi connectivity index (χ1v) is 5.45. The Bertz CT molecular complexity index is 737. The van der Waals surface area contributed by atoms with Gasteiger partial charge in [0.2, 0.25) is 11.8 Å². The second kappa shape index (κ2) is 5.57. The van der Waals surface area contributed by atoms with Gasteiger partial charge in [0.25, 0.3) is 5.91 Å². The van der Waals surface area contributed by atoms with E-state index in [0.717, 1.165) is 12.3 Å². The molecule has 6 nitrogen and oxygen atoms in total. The number of aromatic nitrogens is 1. The first kappa shape index (κ1) is 14.4. The number of hydrogen-bond donors (Lipinski definition) is 1. The molecule has 1 aromatic carbocycles. The highest BCUT2D eigenvalue weighted by Gasteiger charge is 2.21. The van der Waals surface area contributed by atoms with Gasteiger partial charge in [-0.05, 0) is 12.1 Å². The largest absolute Gasteiger partial charge is 0.319 e. The number of hydrogen-bond acceptors (Lipinski definition) is 4. The van der Waals surface area contributed by atoms with Gasteiger partial charge in [-0.2, -0.15) is 8.78 Å². The van der Waals surface area contributed by atoms with Crippen LogP contribution >= 0.6 is 0 Å². The summed E-state index contributed by atoms with van der Waals surface area (Å²) in [5, 5.41) is 12.5. The van der Waals surface area contributed by atoms with Crippen molar-refractivity contribution in [2.45, 2.75) is 0 Å². The molecule has 1 heterocycles. The molecule has 0 unspecified atom stereocenters. The van der Waals surface area contributed by atoms with Crippen LogP contribution in [0.3, 0.4) is 0 Å². The molecule has 2 rings (SSSR count). The van der Waals surface area contributed by atoms with Gasteiger partial charge in [0, 0.05) is 18.3 Å². The van der Waals surface area contributed by atoms with Crippen molar-refractivity contribution in [3.63, 3.8) is 0 Å². The topological polar surface area (TPSA) is 85.1 Å². The van der Waals surface area contributed by atoms with Gasteiger partial charge in [-0.15, -0.1) is 0 Å². The number of benzene rings is 1. The smallest absolute Gasteiger partial charge is 0.307 e. The van der Waals surface area contributed by atoms with E-state index in [2.05, 4.69) is 4.98 Å². The monoisotopic (exact) mass is 297 g/mol. The summed E-state index contributed by atoms with van der Waals surface area (Å²) in [4.78, 5) is 24.4. The average Bonchev–Trinajstić information content (AvgIpc) is 2.41. The fourth-order valence-corrected chi connectivity index (χ4v) is 1.52. The number of carbonyl (C=O) groups is 1. The Hall–Kier alpha value is -2.97. The summed E-state index contributed by atoms with van der Waals surface area (Å²) >= 11 is 0. The summed E-state index contributed by atoms with van der Waals surface area (Å²) in [7, 11) is 0. The number of halogens is 3. The molecule has 1 N–H and O–H groups in total. The van der Waals surface area contributed by atoms with Crippen molar-refractivity contribution in [2.24, 2.45) is 0 Å². The lowest BCUT2D eigenvalue weighted by atomic mass is 10.2. The summed E-state index contributed by atoms with van der Waals surface area (Å²) in [6, 6.07) is 3.14. The number of anilines is 1. The summed E-state index contributed by atoms with van der Waals surface area (Å²) < 4.78 is 39.9. The molecule has 1 aromatic heterocycles. The Morgan fingerprint density at radius 2 is 1.95 bits per heavy atom. The minimum atomic E-state index is -1.39. The van der Waals surface area contributed by atoms with E-state index in [1.54, 1.807) is 0 Å². The molecular formula is C12H6F3N3O3. The molecule has 1 amide bonds. The summed E-state index contributed by atoms with van der Waals surface area (Å²) in [5.74, 6) is -4.77. The number of nitrogens with one attached hydrogen (secondary N) is 1. The molecule has 0 aliphatic rings. The molecule has 0 aliphatic heterocycles. The van der Waals surface area contributed by atoms with Gasteiger partial charge in [-0.3, -0.25) is 14.9 Å². The Labute approximate surface area is 115 Å². The SMILES string of the molecule is O=C(Nc1cc([N+](=O)[O-])c(F)cc1F)c1cccnc1F. The van der Waals surface area contributed by atoms with E-state index in [0.29, 0.717) is 6.07 Å². The van der Waals surface area contributed by atoms with Crippen LogP contribution in [0.25, 0.3) is 0 Å². The first-order valence-electron chi connectivity index (χ1n) is 5.45. The lowest BCUT2D eigenvalue weighted by Crippen LogP contribution is -2.15. The van der Waals surface area contributed by atoms with E-state index < -0.39 is 45.4 Å². The number of nitrogens with zero attached hydrogens (tertiary/aromatic N) is 2. The normalized spacial score (nSPS) is 10.2. The predicted octanol–water partition coefficient (Wildman–Crippen LogP) is 2.66. The van der Waals surface area contributed by atoms with Gasteiger partial charge in [-0.25, -0.2) is 9.37 Å². The fourth-order valence-electron chi connectivity index (χ4n) is 1.52. The van der Waals surface area contributed by atoms with E-state index in [4.69, 9.17) is 0 Å². The molecule has 0 fully saturated rings. The van der Waals surface area contributed by atoms with Crippen molar-refractivity contribution < 1.29 is 22.9 Å². The molecule has 0 saturated carbocycles. The molecule has 21 heavy (non-hydrogen) atoms. The van der Waals surface area contributed by atoms with Crippen molar-refractivity contribution in [3.05, 3.63) is 63.7 Å². The number of nitro groups is 1. The van der Waals surface area contributed by atoms with Gasteiger partial charge in [0.1, 0.15) is 5.82 Å². The van der Waals surface area contributed by atoms with Crippen LogP contribution < -0.4 is 5.32 Å². The zero-order chi connectivity index (χ0) is 15.6. The van der Waals surface area contributed by atoms with Crippen LogP contribution in [0, 0.1) is 27.7 Å². The van der Waals surface area contributed by atoms with Gasteiger partial charge >= 0.3 is 5.69 Å². The van der Waals surface area contributed by atoms with Gasteiger partial charge in [0.05, 0.1) is 16.2 Å². The zero-order valence-electron chi connectivity index (χ0n) is 10.1. The Balaban J connectivity index is 2.36. The van der Waals surface area contributed by atoms with E-state index >= 15 is 0 Å². The second-order valence-electron chi connectivity index (χ2n) is 3.84. The van der Waals surface area contributed by atoms with Crippen LogP contribution in [-0.2, 0) is 0 Å². The van der Waals surface area contributed by atoms with E-state index in [9.17, 15) is 28.1 Å². The van der Waals surface area contributed by atoms with Crippen molar-refractivity contribution >= 4 is 17.3 Å². The van der Waals surface area contributed by atoms with Gasteiger partial charge in [0.15, 0.2) is 0 Å². The maximum Gasteiger partial charge on any atom is 0.307 e. The summed E-state index contributed by atoms with van der Waals surface area (Å²) in [6.07, 6.45) is 1.11. The van der Waals surface area contributed by atoms with Crippen LogP contribution in [0.2, 0.25) is 0 Å². The highest BCUT2D eigenvalue weighted by atomic mass is 19.1. The van der Waals surface area contributed by atoms with Crippen molar-refractivity contribution in [3.8, 4) is 0 Å². The van der Waals surface area contributed by atoms with Crippen LogP contribution in [0.15, 0.2) is 30.5 Å². The van der Waals surface area contributed by atoms with Crippen molar-refractivity contribution in [2.75, 3.05) is 5.32 Å². The molecule has 0 bridgehead atoms. The number of amides is 1. The van der Waals surface area contributed by atoms with Gasteiger partial charge in [-0.1, -0.05) is 0 Å². The van der Waals surface area contributed by atoms with Crippen LogP contribution in [-0.4, -0.2) is 15.8 Å². The third-order valence-electron chi connectivity index (χ3n) is 2.49. The fraction of sp³-hybridized carbons (Fsp3) is 0. The average molecular weight is 297 g/mol. The minimum Gasteiger partial charge on any atom is -0.319 e. The molecule has 0 radical (unpaired) electrons. The molecule has 0 spiro atoms. The van der Waals surface area contributed by atoms with E-state index in [1.165, 1.54) is 6.07 Å². The minimum absolute atomic E-state index is 0.257. The van der Waals surface area contributed by atoms with Crippen LogP contribution in [0.5, 0.6) is 0 Å². The first-order chi connectivity index (χ1) is 9.90. The van der Waals surface area contributed by atoms with Gasteiger partial charge < -0.3 is 5.32 Å². The van der Waals surface area contributed by atoms with Crippen molar-refractivity contribution in [1.29, 1.82) is 0 Å². The second-order valence-corrected chi connectivity index (χ2v) is 3.84. The molecule has 0 aliphatic carbocycles. The lowest BCUT2D eigenvalue weighted by Gasteiger charge is -2.07. The summed E-state index contributed by atoms with van der Waals surface area (Å²) in [6.45, 7) is 0. The van der Waals surface area contributed by atoms with E-state index in [-0.39, 0.29) is 6.07 Å². The maximum atomic E-state index is 13.5. The highest BCUT2D eigenvalue weighted by molar-refractivity contribution is 6.04. The summed E-state index contributed by atoms with van der Waals surface area (Å²) in [5.41, 5.74) is -2.14. The Morgan fingerprint density at radius 1 is 1.24 bits per heavy atom. The number of nitro benzene ring substituents is 1. The lowest BCUT2D eigenvalue weighted by molar-refractivity contribution is -0.387. The maximum absolute atomic E-state index is 13.5. The molecule has 108 valence electrons. The van der Waals surface area contributed by atoms with Crippen LogP contribution in [0.1, 0.15) is 10.4 Å². The quantitative estimate of drug-likeness (QED) is 0.536. The third kappa shape index (κ3) is 2.96.